The molecule has 4 rings (SSSR count). The monoisotopic (exact) mass is 381 g/mol. The highest BCUT2D eigenvalue weighted by Gasteiger charge is 2.25. The third-order valence-corrected chi connectivity index (χ3v) is 4.97. The quantitative estimate of drug-likeness (QED) is 0.535. The third kappa shape index (κ3) is 3.76. The smallest absolute Gasteiger partial charge is 0.191 e. The Kier molecular flexibility index (Phi) is 5.10. The molecule has 0 aliphatic carbocycles. The summed E-state index contributed by atoms with van der Waals surface area (Å²) in [6.07, 6.45) is 4.55. The van der Waals surface area contributed by atoms with Gasteiger partial charge in [-0.2, -0.15) is 0 Å². The predicted molar refractivity (Wildman–Crippen MR) is 108 cm³/mol. The number of imidazole rings is 1. The van der Waals surface area contributed by atoms with E-state index in [0.717, 1.165) is 30.0 Å². The van der Waals surface area contributed by atoms with Crippen molar-refractivity contribution in [1.82, 2.24) is 25.0 Å². The standard InChI is InChI=1S/C20H24FN7/c1-14-5-3-7-18-25-16(13-28(14)18)11-24-20(22-2)26-15-8-10-27(12-15)19-17(21)6-4-9-23-19/h3-7,9,13,15H,8,10-12H2,1-2H3,(H2,22,24,26). The van der Waals surface area contributed by atoms with Crippen LogP contribution in [-0.2, 0) is 6.54 Å². The summed E-state index contributed by atoms with van der Waals surface area (Å²) in [4.78, 5) is 15.1. The van der Waals surface area contributed by atoms with Crippen molar-refractivity contribution >= 4 is 17.4 Å². The van der Waals surface area contributed by atoms with Crippen LogP contribution in [0.5, 0.6) is 0 Å². The van der Waals surface area contributed by atoms with E-state index in [-0.39, 0.29) is 11.9 Å². The minimum Gasteiger partial charge on any atom is -0.352 e. The minimum atomic E-state index is -0.284. The maximum Gasteiger partial charge on any atom is 0.191 e. The zero-order valence-electron chi connectivity index (χ0n) is 16.1. The second-order valence-electron chi connectivity index (χ2n) is 6.94. The lowest BCUT2D eigenvalue weighted by molar-refractivity contribution is 0.612. The number of fused-ring (bicyclic) bond motifs is 1. The van der Waals surface area contributed by atoms with Gasteiger partial charge in [-0.1, -0.05) is 6.07 Å². The van der Waals surface area contributed by atoms with Crippen molar-refractivity contribution in [3.8, 4) is 0 Å². The molecule has 0 aromatic carbocycles. The van der Waals surface area contributed by atoms with Gasteiger partial charge >= 0.3 is 0 Å². The van der Waals surface area contributed by atoms with Crippen LogP contribution in [0.15, 0.2) is 47.7 Å². The molecule has 3 aromatic rings. The number of rotatable bonds is 4. The van der Waals surface area contributed by atoms with Crippen LogP contribution in [-0.4, -0.2) is 46.5 Å². The largest absolute Gasteiger partial charge is 0.352 e. The molecule has 0 spiro atoms. The van der Waals surface area contributed by atoms with E-state index in [9.17, 15) is 4.39 Å². The van der Waals surface area contributed by atoms with E-state index in [2.05, 4.69) is 43.0 Å². The highest BCUT2D eigenvalue weighted by Crippen LogP contribution is 2.20. The molecule has 0 bridgehead atoms. The molecule has 3 aromatic heterocycles. The fraction of sp³-hybridized carbons (Fsp3) is 0.350. The summed E-state index contributed by atoms with van der Waals surface area (Å²) in [7, 11) is 1.74. The van der Waals surface area contributed by atoms with Crippen LogP contribution in [0.2, 0.25) is 0 Å². The number of hydrogen-bond donors (Lipinski definition) is 2. The number of aryl methyl sites for hydroxylation is 1. The molecular weight excluding hydrogens is 357 g/mol. The molecule has 1 unspecified atom stereocenters. The maximum absolute atomic E-state index is 14.0. The van der Waals surface area contributed by atoms with Crippen LogP contribution in [0, 0.1) is 12.7 Å². The number of nitrogens with one attached hydrogen (secondary N) is 2. The van der Waals surface area contributed by atoms with E-state index in [1.165, 1.54) is 6.07 Å². The predicted octanol–water partition coefficient (Wildman–Crippen LogP) is 2.12. The average molecular weight is 381 g/mol. The minimum absolute atomic E-state index is 0.177. The summed E-state index contributed by atoms with van der Waals surface area (Å²) in [6.45, 7) is 4.07. The Balaban J connectivity index is 1.35. The van der Waals surface area contributed by atoms with Gasteiger partial charge in [0.05, 0.1) is 12.2 Å². The van der Waals surface area contributed by atoms with Crippen LogP contribution < -0.4 is 15.5 Å². The summed E-state index contributed by atoms with van der Waals surface area (Å²) in [5, 5.41) is 6.73. The first-order valence-electron chi connectivity index (χ1n) is 9.40. The summed E-state index contributed by atoms with van der Waals surface area (Å²) < 4.78 is 16.0. The lowest BCUT2D eigenvalue weighted by Crippen LogP contribution is -2.44. The van der Waals surface area contributed by atoms with Crippen molar-refractivity contribution in [2.24, 2.45) is 4.99 Å². The Morgan fingerprint density at radius 1 is 1.32 bits per heavy atom. The maximum atomic E-state index is 14.0. The van der Waals surface area contributed by atoms with Crippen molar-refractivity contribution in [2.75, 3.05) is 25.0 Å². The van der Waals surface area contributed by atoms with Gasteiger partial charge in [0.1, 0.15) is 5.65 Å². The van der Waals surface area contributed by atoms with Crippen molar-refractivity contribution in [3.63, 3.8) is 0 Å². The van der Waals surface area contributed by atoms with Crippen LogP contribution >= 0.6 is 0 Å². The van der Waals surface area contributed by atoms with Gasteiger partial charge in [-0.25, -0.2) is 14.4 Å². The lowest BCUT2D eigenvalue weighted by Gasteiger charge is -2.19. The Morgan fingerprint density at radius 2 is 2.21 bits per heavy atom. The molecule has 28 heavy (non-hydrogen) atoms. The highest BCUT2D eigenvalue weighted by molar-refractivity contribution is 5.80. The van der Waals surface area contributed by atoms with Gasteiger partial charge in [-0.15, -0.1) is 0 Å². The second kappa shape index (κ2) is 7.84. The van der Waals surface area contributed by atoms with E-state index < -0.39 is 0 Å². The first-order chi connectivity index (χ1) is 13.6. The molecule has 7 nitrogen and oxygen atoms in total. The van der Waals surface area contributed by atoms with Crippen LogP contribution in [0.1, 0.15) is 17.8 Å². The van der Waals surface area contributed by atoms with Gasteiger partial charge in [0.15, 0.2) is 17.6 Å². The molecule has 4 heterocycles. The van der Waals surface area contributed by atoms with E-state index in [4.69, 9.17) is 0 Å². The molecule has 1 aliphatic rings. The summed E-state index contributed by atoms with van der Waals surface area (Å²) in [6, 6.07) is 9.29. The Hall–Kier alpha value is -3.16. The van der Waals surface area contributed by atoms with E-state index in [1.54, 1.807) is 19.3 Å². The van der Waals surface area contributed by atoms with Crippen molar-refractivity contribution in [1.29, 1.82) is 0 Å². The SMILES string of the molecule is CN=C(NCc1cn2c(C)cccc2n1)NC1CCN(c2ncccc2F)C1. The number of hydrogen-bond acceptors (Lipinski definition) is 4. The molecule has 0 saturated carbocycles. The molecule has 146 valence electrons. The molecule has 1 atom stereocenters. The molecule has 1 aliphatic heterocycles. The topological polar surface area (TPSA) is 69.8 Å². The van der Waals surface area contributed by atoms with Crippen molar-refractivity contribution in [2.45, 2.75) is 25.9 Å². The van der Waals surface area contributed by atoms with Gasteiger partial charge < -0.3 is 19.9 Å². The van der Waals surface area contributed by atoms with Gasteiger partial charge in [0, 0.05) is 44.3 Å². The van der Waals surface area contributed by atoms with Crippen molar-refractivity contribution in [3.05, 3.63) is 59.9 Å². The Labute approximate surface area is 163 Å². The van der Waals surface area contributed by atoms with E-state index in [1.807, 2.05) is 23.2 Å². The van der Waals surface area contributed by atoms with Gasteiger partial charge in [0.25, 0.3) is 0 Å². The molecule has 2 N–H and O–H groups in total. The van der Waals surface area contributed by atoms with Crippen molar-refractivity contribution < 1.29 is 4.39 Å². The Bertz CT molecular complexity index is 997. The fourth-order valence-electron chi connectivity index (χ4n) is 3.53. The molecule has 0 amide bonds. The molecule has 1 fully saturated rings. The number of aliphatic imine (C=N–C) groups is 1. The van der Waals surface area contributed by atoms with Crippen LogP contribution in [0.3, 0.4) is 0 Å². The number of nitrogens with zero attached hydrogens (tertiary/aromatic N) is 5. The molecule has 0 radical (unpaired) electrons. The summed E-state index contributed by atoms with van der Waals surface area (Å²) >= 11 is 0. The number of aromatic nitrogens is 3. The van der Waals surface area contributed by atoms with Gasteiger partial charge in [0.2, 0.25) is 0 Å². The number of anilines is 1. The first kappa shape index (κ1) is 18.2. The average Bonchev–Trinajstić information content (AvgIpc) is 3.33. The van der Waals surface area contributed by atoms with Crippen LogP contribution in [0.4, 0.5) is 10.2 Å². The highest BCUT2D eigenvalue weighted by atomic mass is 19.1. The Morgan fingerprint density at radius 3 is 3.00 bits per heavy atom. The molecule has 1 saturated heterocycles. The first-order valence-corrected chi connectivity index (χ1v) is 9.40. The normalized spacial score (nSPS) is 17.3. The number of halogens is 1. The van der Waals surface area contributed by atoms with E-state index in [0.29, 0.717) is 24.9 Å². The summed E-state index contributed by atoms with van der Waals surface area (Å²) in [5.74, 6) is 0.838. The lowest BCUT2D eigenvalue weighted by atomic mass is 10.3. The number of guanidine groups is 1. The van der Waals surface area contributed by atoms with E-state index >= 15 is 0 Å². The molecule has 8 heteroatoms. The zero-order valence-corrected chi connectivity index (χ0v) is 16.1. The van der Waals surface area contributed by atoms with Gasteiger partial charge in [-0.3, -0.25) is 4.99 Å². The van der Waals surface area contributed by atoms with Crippen LogP contribution in [0.25, 0.3) is 5.65 Å². The molecular formula is C20H24FN7. The summed E-state index contributed by atoms with van der Waals surface area (Å²) in [5.41, 5.74) is 3.02. The second-order valence-corrected chi connectivity index (χ2v) is 6.94. The fourth-order valence-corrected chi connectivity index (χ4v) is 3.53. The zero-order chi connectivity index (χ0) is 19.5. The number of pyridine rings is 2. The van der Waals surface area contributed by atoms with Gasteiger partial charge in [-0.05, 0) is 37.6 Å². The third-order valence-electron chi connectivity index (χ3n) is 4.97.